The first-order valence-electron chi connectivity index (χ1n) is 7.60. The Bertz CT molecular complexity index is 878. The molecule has 3 rings (SSSR count). The smallest absolute Gasteiger partial charge is 0.269 e. The molecule has 0 bridgehead atoms. The van der Waals surface area contributed by atoms with Crippen molar-refractivity contribution in [2.24, 2.45) is 0 Å². The maximum absolute atomic E-state index is 12.3. The summed E-state index contributed by atoms with van der Waals surface area (Å²) in [6, 6.07) is 13.1. The average molecular weight is 362 g/mol. The number of amides is 1. The van der Waals surface area contributed by atoms with Gasteiger partial charge in [0.05, 0.1) is 4.90 Å². The van der Waals surface area contributed by atoms with Crippen LogP contribution in [0.4, 0.5) is 5.69 Å². The van der Waals surface area contributed by atoms with E-state index in [0.29, 0.717) is 17.2 Å². The lowest BCUT2D eigenvalue weighted by atomic mass is 10.2. The van der Waals surface area contributed by atoms with E-state index in [1.165, 1.54) is 38.4 Å². The fourth-order valence-electron chi connectivity index (χ4n) is 2.29. The highest BCUT2D eigenvalue weighted by Crippen LogP contribution is 2.31. The lowest BCUT2D eigenvalue weighted by molar-refractivity contribution is -0.125. The number of sulfonamides is 1. The molecule has 1 aliphatic rings. The quantitative estimate of drug-likeness (QED) is 0.895. The van der Waals surface area contributed by atoms with Crippen LogP contribution in [-0.4, -0.2) is 45.4 Å². The molecule has 132 valence electrons. The third kappa shape index (κ3) is 3.59. The summed E-state index contributed by atoms with van der Waals surface area (Å²) in [4.78, 5) is 12.5. The Labute approximate surface area is 146 Å². The Morgan fingerprint density at radius 2 is 1.72 bits per heavy atom. The van der Waals surface area contributed by atoms with Crippen molar-refractivity contribution in [2.75, 3.05) is 26.0 Å². The van der Waals surface area contributed by atoms with Gasteiger partial charge >= 0.3 is 0 Å². The van der Waals surface area contributed by atoms with E-state index in [4.69, 9.17) is 9.47 Å². The molecule has 0 saturated carbocycles. The molecule has 0 radical (unpaired) electrons. The Morgan fingerprint density at radius 1 is 1.08 bits per heavy atom. The van der Waals surface area contributed by atoms with Gasteiger partial charge in [0, 0.05) is 19.8 Å². The van der Waals surface area contributed by atoms with E-state index in [0.717, 1.165) is 4.31 Å². The van der Waals surface area contributed by atoms with E-state index in [1.54, 1.807) is 18.2 Å². The highest BCUT2D eigenvalue weighted by molar-refractivity contribution is 7.89. The highest BCUT2D eigenvalue weighted by atomic mass is 32.2. The van der Waals surface area contributed by atoms with Gasteiger partial charge in [-0.3, -0.25) is 4.79 Å². The Morgan fingerprint density at radius 3 is 2.36 bits per heavy atom. The largest absolute Gasteiger partial charge is 0.485 e. The number of fused-ring (bicyclic) bond motifs is 1. The van der Waals surface area contributed by atoms with Crippen LogP contribution >= 0.6 is 0 Å². The molecule has 1 N–H and O–H groups in total. The summed E-state index contributed by atoms with van der Waals surface area (Å²) in [5, 5.41) is 2.70. The maximum atomic E-state index is 12.3. The van der Waals surface area contributed by atoms with Crippen molar-refractivity contribution < 1.29 is 22.7 Å². The van der Waals surface area contributed by atoms with Crippen LogP contribution in [0.3, 0.4) is 0 Å². The van der Waals surface area contributed by atoms with Crippen LogP contribution in [0.15, 0.2) is 53.4 Å². The van der Waals surface area contributed by atoms with Gasteiger partial charge in [0.1, 0.15) is 6.61 Å². The van der Waals surface area contributed by atoms with E-state index >= 15 is 0 Å². The fourth-order valence-corrected chi connectivity index (χ4v) is 3.19. The summed E-state index contributed by atoms with van der Waals surface area (Å²) in [6.45, 7) is 0.107. The van der Waals surface area contributed by atoms with Crippen LogP contribution in [0.1, 0.15) is 0 Å². The molecular weight excluding hydrogens is 344 g/mol. The molecule has 0 fully saturated rings. The maximum Gasteiger partial charge on any atom is 0.269 e. The first-order valence-corrected chi connectivity index (χ1v) is 9.04. The number of carbonyl (C=O) groups excluding carboxylic acids is 1. The minimum absolute atomic E-state index is 0.107. The van der Waals surface area contributed by atoms with Gasteiger partial charge in [-0.15, -0.1) is 0 Å². The minimum Gasteiger partial charge on any atom is -0.485 e. The van der Waals surface area contributed by atoms with Crippen LogP contribution in [0.25, 0.3) is 0 Å². The van der Waals surface area contributed by atoms with E-state index in [-0.39, 0.29) is 17.4 Å². The molecule has 0 saturated heterocycles. The van der Waals surface area contributed by atoms with Crippen LogP contribution < -0.4 is 14.8 Å². The van der Waals surface area contributed by atoms with Gasteiger partial charge in [0.25, 0.3) is 5.91 Å². The van der Waals surface area contributed by atoms with Crippen LogP contribution in [0.5, 0.6) is 11.5 Å². The SMILES string of the molecule is CN(C)S(=O)(=O)c1ccc(NC(=O)[C@H]2COc3ccccc3O2)cc1. The van der Waals surface area contributed by atoms with Gasteiger partial charge in [-0.1, -0.05) is 12.1 Å². The number of ether oxygens (including phenoxy) is 2. The topological polar surface area (TPSA) is 84.9 Å². The Hall–Kier alpha value is -2.58. The molecule has 1 heterocycles. The molecule has 0 spiro atoms. The second-order valence-corrected chi connectivity index (χ2v) is 7.82. The standard InChI is InChI=1S/C17H18N2O5S/c1-19(2)25(21,22)13-9-7-12(8-10-13)18-17(20)16-11-23-14-5-3-4-6-15(14)24-16/h3-10,16H,11H2,1-2H3,(H,18,20)/t16-/m1/s1. The van der Waals surface area contributed by atoms with Crippen LogP contribution in [0, 0.1) is 0 Å². The molecule has 1 aliphatic heterocycles. The molecule has 25 heavy (non-hydrogen) atoms. The monoisotopic (exact) mass is 362 g/mol. The number of carbonyl (C=O) groups is 1. The van der Waals surface area contributed by atoms with Gasteiger partial charge in [-0.05, 0) is 36.4 Å². The van der Waals surface area contributed by atoms with Crippen molar-refractivity contribution in [1.82, 2.24) is 4.31 Å². The summed E-state index contributed by atoms with van der Waals surface area (Å²) in [5.41, 5.74) is 0.477. The second kappa shape index (κ2) is 6.73. The molecule has 1 atom stereocenters. The van der Waals surface area contributed by atoms with Crippen LogP contribution in [0.2, 0.25) is 0 Å². The Balaban J connectivity index is 1.68. The van der Waals surface area contributed by atoms with Crippen LogP contribution in [-0.2, 0) is 14.8 Å². The highest BCUT2D eigenvalue weighted by Gasteiger charge is 2.27. The van der Waals surface area contributed by atoms with Crippen molar-refractivity contribution in [3.63, 3.8) is 0 Å². The molecule has 0 aromatic heterocycles. The van der Waals surface area contributed by atoms with E-state index in [2.05, 4.69) is 5.32 Å². The first-order chi connectivity index (χ1) is 11.9. The number of nitrogens with zero attached hydrogens (tertiary/aromatic N) is 1. The fraction of sp³-hybridized carbons (Fsp3) is 0.235. The van der Waals surface area contributed by atoms with Gasteiger partial charge < -0.3 is 14.8 Å². The summed E-state index contributed by atoms with van der Waals surface area (Å²) in [7, 11) is -0.577. The zero-order valence-electron chi connectivity index (χ0n) is 13.8. The predicted octanol–water partition coefficient (Wildman–Crippen LogP) is 1.72. The van der Waals surface area contributed by atoms with E-state index < -0.39 is 16.1 Å². The third-order valence-electron chi connectivity index (χ3n) is 3.70. The molecule has 2 aromatic carbocycles. The molecule has 7 nitrogen and oxygen atoms in total. The number of para-hydroxylation sites is 2. The van der Waals surface area contributed by atoms with Crippen molar-refractivity contribution >= 4 is 21.6 Å². The summed E-state index contributed by atoms with van der Waals surface area (Å²) < 4.78 is 36.3. The van der Waals surface area contributed by atoms with Gasteiger partial charge in [0.2, 0.25) is 16.1 Å². The second-order valence-electron chi connectivity index (χ2n) is 5.67. The van der Waals surface area contributed by atoms with Gasteiger partial charge in [-0.25, -0.2) is 12.7 Å². The van der Waals surface area contributed by atoms with Gasteiger partial charge in [0.15, 0.2) is 11.5 Å². The third-order valence-corrected chi connectivity index (χ3v) is 5.53. The number of anilines is 1. The normalized spacial score (nSPS) is 16.5. The van der Waals surface area contributed by atoms with E-state index in [1.807, 2.05) is 6.07 Å². The zero-order chi connectivity index (χ0) is 18.0. The lowest BCUT2D eigenvalue weighted by Gasteiger charge is -2.25. The number of benzene rings is 2. The van der Waals surface area contributed by atoms with E-state index in [9.17, 15) is 13.2 Å². The molecular formula is C17H18N2O5S. The molecule has 2 aromatic rings. The molecule has 1 amide bonds. The average Bonchev–Trinajstić information content (AvgIpc) is 2.61. The molecule has 8 heteroatoms. The minimum atomic E-state index is -3.50. The Kier molecular flexibility index (Phi) is 4.65. The van der Waals surface area contributed by atoms with Crippen molar-refractivity contribution in [3.05, 3.63) is 48.5 Å². The van der Waals surface area contributed by atoms with Crippen molar-refractivity contribution in [3.8, 4) is 11.5 Å². The number of rotatable bonds is 4. The molecule has 0 unspecified atom stereocenters. The summed E-state index contributed by atoms with van der Waals surface area (Å²) >= 11 is 0. The number of nitrogens with one attached hydrogen (secondary N) is 1. The summed E-state index contributed by atoms with van der Waals surface area (Å²) in [6.07, 6.45) is -0.778. The number of hydrogen-bond acceptors (Lipinski definition) is 5. The molecule has 0 aliphatic carbocycles. The zero-order valence-corrected chi connectivity index (χ0v) is 14.6. The van der Waals surface area contributed by atoms with Crippen molar-refractivity contribution in [1.29, 1.82) is 0 Å². The lowest BCUT2D eigenvalue weighted by Crippen LogP contribution is -2.40. The van der Waals surface area contributed by atoms with Crippen molar-refractivity contribution in [2.45, 2.75) is 11.0 Å². The number of hydrogen-bond donors (Lipinski definition) is 1. The first kappa shape index (κ1) is 17.2. The predicted molar refractivity (Wildman–Crippen MR) is 92.3 cm³/mol. The van der Waals surface area contributed by atoms with Gasteiger partial charge in [-0.2, -0.15) is 0 Å². The summed E-state index contributed by atoms with van der Waals surface area (Å²) in [5.74, 6) is 0.754.